The van der Waals surface area contributed by atoms with Crippen molar-refractivity contribution in [3.05, 3.63) is 17.7 Å². The monoisotopic (exact) mass is 212 g/mol. The van der Waals surface area contributed by atoms with Crippen LogP contribution in [0.5, 0.6) is 17.2 Å². The Labute approximate surface area is 89.1 Å². The van der Waals surface area contributed by atoms with Gasteiger partial charge in [-0.1, -0.05) is 13.8 Å². The zero-order valence-electron chi connectivity index (χ0n) is 9.37. The Morgan fingerprint density at radius 1 is 1.27 bits per heavy atom. The molecular weight excluding hydrogens is 196 g/mol. The molecule has 0 fully saturated rings. The fourth-order valence-corrected chi connectivity index (χ4v) is 1.05. The van der Waals surface area contributed by atoms with Crippen molar-refractivity contribution in [2.75, 3.05) is 7.11 Å². The summed E-state index contributed by atoms with van der Waals surface area (Å²) in [6.07, 6.45) is 0. The van der Waals surface area contributed by atoms with E-state index in [-0.39, 0.29) is 28.6 Å². The Morgan fingerprint density at radius 2 is 1.80 bits per heavy atom. The molecule has 0 aromatic heterocycles. The van der Waals surface area contributed by atoms with Crippen LogP contribution in [0.2, 0.25) is 0 Å². The zero-order chi connectivity index (χ0) is 12.0. The third kappa shape index (κ3) is 2.87. The van der Waals surface area contributed by atoms with Gasteiger partial charge < -0.3 is 14.9 Å². The van der Waals surface area contributed by atoms with E-state index >= 15 is 0 Å². The van der Waals surface area contributed by atoms with Gasteiger partial charge in [0.05, 0.1) is 12.7 Å². The van der Waals surface area contributed by atoms with Crippen LogP contribution >= 0.6 is 0 Å². The number of benzene rings is 1. The number of rotatable bonds is 2. The van der Waals surface area contributed by atoms with Crippen molar-refractivity contribution in [3.8, 4) is 17.2 Å². The molecule has 0 unspecified atom stereocenters. The first kappa shape index (κ1) is 13.3. The van der Waals surface area contributed by atoms with Crippen LogP contribution in [0.3, 0.4) is 0 Å². The molecule has 0 aliphatic heterocycles. The van der Waals surface area contributed by atoms with Gasteiger partial charge in [-0.05, 0) is 19.1 Å². The van der Waals surface area contributed by atoms with E-state index in [1.807, 2.05) is 13.8 Å². The lowest BCUT2D eigenvalue weighted by molar-refractivity contribution is 0.101. The Kier molecular flexibility index (Phi) is 5.23. The van der Waals surface area contributed by atoms with Crippen molar-refractivity contribution in [1.82, 2.24) is 0 Å². The molecule has 0 amide bonds. The van der Waals surface area contributed by atoms with Crippen LogP contribution in [0.4, 0.5) is 0 Å². The van der Waals surface area contributed by atoms with Crippen LogP contribution < -0.4 is 4.74 Å². The lowest BCUT2D eigenvalue weighted by Crippen LogP contribution is -1.95. The quantitative estimate of drug-likeness (QED) is 0.738. The minimum absolute atomic E-state index is 0.0762. The molecule has 1 aromatic rings. The van der Waals surface area contributed by atoms with Crippen LogP contribution in [0.25, 0.3) is 0 Å². The SMILES string of the molecule is CC.COc1c(O)ccc(C(C)=O)c1O. The van der Waals surface area contributed by atoms with Crippen molar-refractivity contribution in [1.29, 1.82) is 0 Å². The van der Waals surface area contributed by atoms with Gasteiger partial charge >= 0.3 is 0 Å². The Bertz CT molecular complexity index is 345. The minimum atomic E-state index is -0.324. The van der Waals surface area contributed by atoms with Crippen molar-refractivity contribution in [2.24, 2.45) is 0 Å². The van der Waals surface area contributed by atoms with E-state index in [1.54, 1.807) is 0 Å². The van der Waals surface area contributed by atoms with Crippen molar-refractivity contribution in [3.63, 3.8) is 0 Å². The summed E-state index contributed by atoms with van der Waals surface area (Å²) >= 11 is 0. The number of carbonyl (C=O) groups is 1. The van der Waals surface area contributed by atoms with Crippen LogP contribution in [0.1, 0.15) is 31.1 Å². The molecule has 84 valence electrons. The smallest absolute Gasteiger partial charge is 0.203 e. The van der Waals surface area contributed by atoms with Gasteiger partial charge in [-0.15, -0.1) is 0 Å². The van der Waals surface area contributed by atoms with Crippen LogP contribution in [0, 0.1) is 0 Å². The van der Waals surface area contributed by atoms with Gasteiger partial charge in [0.2, 0.25) is 5.75 Å². The molecule has 0 aliphatic carbocycles. The number of hydrogen-bond donors (Lipinski definition) is 2. The van der Waals surface area contributed by atoms with Crippen LogP contribution in [-0.2, 0) is 0 Å². The minimum Gasteiger partial charge on any atom is -0.504 e. The Hall–Kier alpha value is -1.71. The highest BCUT2D eigenvalue weighted by Crippen LogP contribution is 2.38. The molecule has 4 heteroatoms. The number of ketones is 1. The van der Waals surface area contributed by atoms with E-state index in [1.165, 1.54) is 26.2 Å². The van der Waals surface area contributed by atoms with Crippen LogP contribution in [0.15, 0.2) is 12.1 Å². The highest BCUT2D eigenvalue weighted by atomic mass is 16.5. The molecule has 1 rings (SSSR count). The molecule has 0 radical (unpaired) electrons. The number of phenols is 2. The summed E-state index contributed by atoms with van der Waals surface area (Å²) in [4.78, 5) is 10.9. The number of Topliss-reactive ketones (excluding diaryl/α,β-unsaturated/α-hetero) is 1. The van der Waals surface area contributed by atoms with Crippen molar-refractivity contribution in [2.45, 2.75) is 20.8 Å². The molecule has 4 nitrogen and oxygen atoms in total. The van der Waals surface area contributed by atoms with Gasteiger partial charge in [-0.2, -0.15) is 0 Å². The van der Waals surface area contributed by atoms with Gasteiger partial charge in [-0.25, -0.2) is 0 Å². The predicted molar refractivity (Wildman–Crippen MR) is 57.7 cm³/mol. The standard InChI is InChI=1S/C9H10O4.C2H6/c1-5(10)6-3-4-7(11)9(13-2)8(6)12;1-2/h3-4,11-12H,1-2H3;1-2H3. The van der Waals surface area contributed by atoms with Gasteiger partial charge in [-0.3, -0.25) is 4.79 Å². The van der Waals surface area contributed by atoms with E-state index in [0.29, 0.717) is 0 Å². The van der Waals surface area contributed by atoms with E-state index < -0.39 is 0 Å². The summed E-state index contributed by atoms with van der Waals surface area (Å²) in [6.45, 7) is 5.32. The average Bonchev–Trinajstić information content (AvgIpc) is 2.21. The van der Waals surface area contributed by atoms with Gasteiger partial charge in [0.1, 0.15) is 0 Å². The zero-order valence-corrected chi connectivity index (χ0v) is 9.37. The van der Waals surface area contributed by atoms with Gasteiger partial charge in [0, 0.05) is 0 Å². The first-order valence-corrected chi connectivity index (χ1v) is 4.67. The molecule has 0 heterocycles. The number of carbonyl (C=O) groups excluding carboxylic acids is 1. The topological polar surface area (TPSA) is 66.8 Å². The maximum absolute atomic E-state index is 10.9. The molecule has 0 aliphatic rings. The molecule has 0 saturated heterocycles. The summed E-state index contributed by atoms with van der Waals surface area (Å²) in [6, 6.07) is 2.64. The summed E-state index contributed by atoms with van der Waals surface area (Å²) < 4.78 is 4.71. The maximum Gasteiger partial charge on any atom is 0.203 e. The average molecular weight is 212 g/mol. The summed E-state index contributed by atoms with van der Waals surface area (Å²) in [5.41, 5.74) is 0.134. The predicted octanol–water partition coefficient (Wildman–Crippen LogP) is 2.34. The van der Waals surface area contributed by atoms with E-state index in [9.17, 15) is 15.0 Å². The molecule has 2 N–H and O–H groups in total. The molecule has 0 bridgehead atoms. The second-order valence-corrected chi connectivity index (χ2v) is 2.57. The number of methoxy groups -OCH3 is 1. The number of hydrogen-bond acceptors (Lipinski definition) is 4. The number of aromatic hydroxyl groups is 2. The Balaban J connectivity index is 0.000000921. The summed E-state index contributed by atoms with van der Waals surface area (Å²) in [5, 5.41) is 18.6. The second-order valence-electron chi connectivity index (χ2n) is 2.57. The third-order valence-electron chi connectivity index (χ3n) is 1.69. The fraction of sp³-hybridized carbons (Fsp3) is 0.364. The number of phenolic OH excluding ortho intramolecular Hbond substituents is 2. The fourth-order valence-electron chi connectivity index (χ4n) is 1.05. The molecular formula is C11H16O4. The van der Waals surface area contributed by atoms with E-state index in [0.717, 1.165) is 0 Å². The summed E-state index contributed by atoms with van der Waals surface area (Å²) in [7, 11) is 1.30. The van der Waals surface area contributed by atoms with Gasteiger partial charge in [0.25, 0.3) is 0 Å². The van der Waals surface area contributed by atoms with Gasteiger partial charge in [0.15, 0.2) is 17.3 Å². The lowest BCUT2D eigenvalue weighted by atomic mass is 10.1. The molecule has 1 aromatic carbocycles. The number of ether oxygens (including phenoxy) is 1. The summed E-state index contributed by atoms with van der Waals surface area (Å²) in [5.74, 6) is -0.872. The normalized spacial score (nSPS) is 8.80. The lowest BCUT2D eigenvalue weighted by Gasteiger charge is -2.07. The van der Waals surface area contributed by atoms with Crippen molar-refractivity contribution < 1.29 is 19.7 Å². The second kappa shape index (κ2) is 5.90. The van der Waals surface area contributed by atoms with E-state index in [4.69, 9.17) is 4.74 Å². The Morgan fingerprint density at radius 3 is 2.20 bits per heavy atom. The van der Waals surface area contributed by atoms with Crippen LogP contribution in [-0.4, -0.2) is 23.1 Å². The third-order valence-corrected chi connectivity index (χ3v) is 1.69. The van der Waals surface area contributed by atoms with Crippen molar-refractivity contribution >= 4 is 5.78 Å². The molecule has 0 spiro atoms. The first-order chi connectivity index (χ1) is 7.07. The highest BCUT2D eigenvalue weighted by molar-refractivity contribution is 5.97. The molecule has 0 atom stereocenters. The molecule has 15 heavy (non-hydrogen) atoms. The highest BCUT2D eigenvalue weighted by Gasteiger charge is 2.14. The molecule has 0 saturated carbocycles. The van der Waals surface area contributed by atoms with E-state index in [2.05, 4.69) is 0 Å². The maximum atomic E-state index is 10.9. The first-order valence-electron chi connectivity index (χ1n) is 4.67. The largest absolute Gasteiger partial charge is 0.504 e.